The molecule has 1 saturated heterocycles. The minimum absolute atomic E-state index is 0.117. The fourth-order valence-corrected chi connectivity index (χ4v) is 2.58. The van der Waals surface area contributed by atoms with Gasteiger partial charge in [0, 0.05) is 26.2 Å². The van der Waals surface area contributed by atoms with Gasteiger partial charge in [0.05, 0.1) is 12.0 Å². The van der Waals surface area contributed by atoms with E-state index in [1.54, 1.807) is 0 Å². The summed E-state index contributed by atoms with van der Waals surface area (Å²) in [5, 5.41) is 9.27. The molecule has 1 aliphatic heterocycles. The number of halogens is 3. The normalized spacial score (nSPS) is 16.9. The number of carbonyl (C=O) groups excluding carboxylic acids is 2. The zero-order chi connectivity index (χ0) is 17.9. The summed E-state index contributed by atoms with van der Waals surface area (Å²) in [6, 6.07) is 4.71. The van der Waals surface area contributed by atoms with Crippen molar-refractivity contribution in [3.8, 4) is 0 Å². The molecule has 0 aromatic heterocycles. The van der Waals surface area contributed by atoms with Crippen molar-refractivity contribution in [1.29, 1.82) is 0 Å². The Morgan fingerprint density at radius 1 is 1.17 bits per heavy atom. The first-order valence-corrected chi connectivity index (χ1v) is 7.59. The Bertz CT molecular complexity index is 609. The molecule has 1 heterocycles. The average Bonchev–Trinajstić information content (AvgIpc) is 2.53. The van der Waals surface area contributed by atoms with E-state index < -0.39 is 17.8 Å². The third kappa shape index (κ3) is 4.47. The third-order valence-corrected chi connectivity index (χ3v) is 3.91. The van der Waals surface area contributed by atoms with E-state index in [4.69, 9.17) is 0 Å². The van der Waals surface area contributed by atoms with Gasteiger partial charge in [0.15, 0.2) is 0 Å². The SMILES string of the molecule is CC(O)C(=O)N1CCN(C(=O)Cc2cccc(C(F)(F)F)c2)CC1. The smallest absolute Gasteiger partial charge is 0.384 e. The maximum Gasteiger partial charge on any atom is 0.416 e. The van der Waals surface area contributed by atoms with Crippen LogP contribution in [-0.4, -0.2) is 59.0 Å². The van der Waals surface area contributed by atoms with Crippen LogP contribution in [0.15, 0.2) is 24.3 Å². The molecule has 0 aliphatic carbocycles. The molecule has 1 fully saturated rings. The summed E-state index contributed by atoms with van der Waals surface area (Å²) in [6.07, 6.45) is -5.64. The fourth-order valence-electron chi connectivity index (χ4n) is 2.58. The highest BCUT2D eigenvalue weighted by atomic mass is 19.4. The first kappa shape index (κ1) is 18.3. The van der Waals surface area contributed by atoms with Crippen LogP contribution in [0.3, 0.4) is 0 Å². The van der Waals surface area contributed by atoms with E-state index in [0.717, 1.165) is 12.1 Å². The molecular weight excluding hydrogens is 325 g/mol. The van der Waals surface area contributed by atoms with E-state index in [1.165, 1.54) is 28.9 Å². The number of carbonyl (C=O) groups is 2. The maximum absolute atomic E-state index is 12.7. The van der Waals surface area contributed by atoms with Crippen molar-refractivity contribution >= 4 is 11.8 Å². The molecule has 0 radical (unpaired) electrons. The number of amides is 2. The summed E-state index contributed by atoms with van der Waals surface area (Å²) in [7, 11) is 0. The van der Waals surface area contributed by atoms with Crippen LogP contribution in [0.25, 0.3) is 0 Å². The standard InChI is InChI=1S/C16H19F3N2O3/c1-11(22)15(24)21-7-5-20(6-8-21)14(23)10-12-3-2-4-13(9-12)16(17,18)19/h2-4,9,11,22H,5-8,10H2,1H3. The van der Waals surface area contributed by atoms with Crippen LogP contribution in [0.5, 0.6) is 0 Å². The Hall–Kier alpha value is -2.09. The largest absolute Gasteiger partial charge is 0.416 e. The highest BCUT2D eigenvalue weighted by Crippen LogP contribution is 2.29. The Morgan fingerprint density at radius 3 is 2.29 bits per heavy atom. The molecule has 2 amide bonds. The van der Waals surface area contributed by atoms with Crippen LogP contribution in [-0.2, 0) is 22.2 Å². The first-order valence-electron chi connectivity index (χ1n) is 7.59. The number of hydrogen-bond donors (Lipinski definition) is 1. The molecule has 132 valence electrons. The maximum atomic E-state index is 12.7. The average molecular weight is 344 g/mol. The Labute approximate surface area is 137 Å². The molecule has 8 heteroatoms. The lowest BCUT2D eigenvalue weighted by atomic mass is 10.1. The first-order chi connectivity index (χ1) is 11.2. The summed E-state index contributed by atoms with van der Waals surface area (Å²) in [5.74, 6) is -0.668. The molecule has 1 aliphatic rings. The van der Waals surface area contributed by atoms with Crippen LogP contribution < -0.4 is 0 Å². The Kier molecular flexibility index (Phi) is 5.48. The molecule has 1 N–H and O–H groups in total. The van der Waals surface area contributed by atoms with E-state index in [2.05, 4.69) is 0 Å². The van der Waals surface area contributed by atoms with Gasteiger partial charge in [-0.3, -0.25) is 9.59 Å². The van der Waals surface area contributed by atoms with Crippen molar-refractivity contribution < 1.29 is 27.9 Å². The van der Waals surface area contributed by atoms with Gasteiger partial charge in [-0.25, -0.2) is 0 Å². The molecular formula is C16H19F3N2O3. The summed E-state index contributed by atoms with van der Waals surface area (Å²) in [4.78, 5) is 26.9. The Morgan fingerprint density at radius 2 is 1.75 bits per heavy atom. The highest BCUT2D eigenvalue weighted by molar-refractivity contribution is 5.81. The van der Waals surface area contributed by atoms with Gasteiger partial charge >= 0.3 is 6.18 Å². The molecule has 1 atom stereocenters. The van der Waals surface area contributed by atoms with Gasteiger partial charge in [-0.1, -0.05) is 18.2 Å². The number of aliphatic hydroxyl groups excluding tert-OH is 1. The predicted molar refractivity (Wildman–Crippen MR) is 80.0 cm³/mol. The second-order valence-corrected chi connectivity index (χ2v) is 5.76. The molecule has 1 aromatic carbocycles. The Balaban J connectivity index is 1.94. The number of aliphatic hydroxyl groups is 1. The van der Waals surface area contributed by atoms with Gasteiger partial charge in [-0.05, 0) is 18.6 Å². The van der Waals surface area contributed by atoms with Crippen LogP contribution >= 0.6 is 0 Å². The lowest BCUT2D eigenvalue weighted by Gasteiger charge is -2.35. The van der Waals surface area contributed by atoms with Crippen molar-refractivity contribution in [3.63, 3.8) is 0 Å². The van der Waals surface area contributed by atoms with Crippen molar-refractivity contribution in [2.75, 3.05) is 26.2 Å². The number of benzene rings is 1. The van der Waals surface area contributed by atoms with Crippen LogP contribution in [0.1, 0.15) is 18.1 Å². The summed E-state index contributed by atoms with van der Waals surface area (Å²) >= 11 is 0. The van der Waals surface area contributed by atoms with Crippen LogP contribution in [0.2, 0.25) is 0 Å². The van der Waals surface area contributed by atoms with Gasteiger partial charge in [-0.2, -0.15) is 13.2 Å². The van der Waals surface area contributed by atoms with E-state index in [1.807, 2.05) is 0 Å². The van der Waals surface area contributed by atoms with Gasteiger partial charge in [0.2, 0.25) is 5.91 Å². The monoisotopic (exact) mass is 344 g/mol. The van der Waals surface area contributed by atoms with Gasteiger partial charge < -0.3 is 14.9 Å². The summed E-state index contributed by atoms with van der Waals surface area (Å²) in [6.45, 7) is 2.59. The van der Waals surface area contributed by atoms with E-state index in [-0.39, 0.29) is 18.2 Å². The van der Waals surface area contributed by atoms with Gasteiger partial charge in [0.1, 0.15) is 6.10 Å². The zero-order valence-corrected chi connectivity index (χ0v) is 13.2. The molecule has 1 aromatic rings. The van der Waals surface area contributed by atoms with Crippen molar-refractivity contribution in [2.45, 2.75) is 25.6 Å². The lowest BCUT2D eigenvalue weighted by molar-refractivity contribution is -0.144. The quantitative estimate of drug-likeness (QED) is 0.899. The van der Waals surface area contributed by atoms with E-state index in [0.29, 0.717) is 31.7 Å². The van der Waals surface area contributed by atoms with Gasteiger partial charge in [-0.15, -0.1) is 0 Å². The molecule has 5 nitrogen and oxygen atoms in total. The molecule has 0 saturated carbocycles. The molecule has 0 spiro atoms. The number of alkyl halides is 3. The van der Waals surface area contributed by atoms with Crippen LogP contribution in [0.4, 0.5) is 13.2 Å². The zero-order valence-electron chi connectivity index (χ0n) is 13.2. The van der Waals surface area contributed by atoms with E-state index >= 15 is 0 Å². The minimum atomic E-state index is -4.44. The van der Waals surface area contributed by atoms with E-state index in [9.17, 15) is 27.9 Å². The number of rotatable bonds is 3. The topological polar surface area (TPSA) is 60.9 Å². The highest BCUT2D eigenvalue weighted by Gasteiger charge is 2.31. The lowest BCUT2D eigenvalue weighted by Crippen LogP contribution is -2.52. The summed E-state index contributed by atoms with van der Waals surface area (Å²) in [5.41, 5.74) is -0.475. The van der Waals surface area contributed by atoms with Gasteiger partial charge in [0.25, 0.3) is 5.91 Å². The second-order valence-electron chi connectivity index (χ2n) is 5.76. The van der Waals surface area contributed by atoms with Crippen LogP contribution in [0, 0.1) is 0 Å². The van der Waals surface area contributed by atoms with Crippen molar-refractivity contribution in [2.24, 2.45) is 0 Å². The number of piperazine rings is 1. The molecule has 1 unspecified atom stereocenters. The second kappa shape index (κ2) is 7.21. The number of nitrogens with zero attached hydrogens (tertiary/aromatic N) is 2. The molecule has 2 rings (SSSR count). The summed E-state index contributed by atoms with van der Waals surface area (Å²) < 4.78 is 38.1. The molecule has 24 heavy (non-hydrogen) atoms. The minimum Gasteiger partial charge on any atom is -0.384 e. The fraction of sp³-hybridized carbons (Fsp3) is 0.500. The number of hydrogen-bond acceptors (Lipinski definition) is 3. The van der Waals surface area contributed by atoms with Crippen molar-refractivity contribution in [3.05, 3.63) is 35.4 Å². The van der Waals surface area contributed by atoms with Crippen molar-refractivity contribution in [1.82, 2.24) is 9.80 Å². The third-order valence-electron chi connectivity index (χ3n) is 3.91. The molecule has 0 bridgehead atoms. The predicted octanol–water partition coefficient (Wildman–Crippen LogP) is 1.30.